The van der Waals surface area contributed by atoms with Gasteiger partial charge < -0.3 is 14.2 Å². The van der Waals surface area contributed by atoms with Crippen molar-refractivity contribution in [1.29, 1.82) is 0 Å². The lowest BCUT2D eigenvalue weighted by Crippen LogP contribution is -2.32. The molecule has 1 aliphatic carbocycles. The number of carbonyl (C=O) groups excluding carboxylic acids is 3. The second-order valence-corrected chi connectivity index (χ2v) is 5.92. The topological polar surface area (TPSA) is 78.9 Å². The monoisotopic (exact) mass is 334 g/mol. The van der Waals surface area contributed by atoms with Gasteiger partial charge in [0.2, 0.25) is 0 Å². The minimum Gasteiger partial charge on any atom is -0.461 e. The zero-order valence-corrected chi connectivity index (χ0v) is 13.9. The molecular formula is C18H22O6. The normalized spacial score (nSPS) is 26.9. The number of carbonyl (C=O) groups is 3. The van der Waals surface area contributed by atoms with Crippen molar-refractivity contribution < 1.29 is 28.6 Å². The van der Waals surface area contributed by atoms with Gasteiger partial charge in [-0.3, -0.25) is 9.59 Å². The highest BCUT2D eigenvalue weighted by molar-refractivity contribution is 5.91. The van der Waals surface area contributed by atoms with Crippen molar-refractivity contribution in [1.82, 2.24) is 0 Å². The van der Waals surface area contributed by atoms with E-state index in [0.717, 1.165) is 12.0 Å². The van der Waals surface area contributed by atoms with Gasteiger partial charge in [-0.15, -0.1) is 0 Å². The number of hydrogen-bond donors (Lipinski definition) is 0. The second-order valence-electron chi connectivity index (χ2n) is 5.92. The van der Waals surface area contributed by atoms with Gasteiger partial charge in [-0.05, 0) is 24.5 Å². The molecule has 1 aliphatic heterocycles. The maximum atomic E-state index is 11.9. The molecule has 0 saturated carbocycles. The van der Waals surface area contributed by atoms with Crippen molar-refractivity contribution in [2.24, 2.45) is 5.92 Å². The Morgan fingerprint density at radius 1 is 1.29 bits per heavy atom. The van der Waals surface area contributed by atoms with Crippen LogP contribution in [0.15, 0.2) is 36.0 Å². The van der Waals surface area contributed by atoms with Gasteiger partial charge in [-0.25, -0.2) is 4.79 Å². The summed E-state index contributed by atoms with van der Waals surface area (Å²) < 4.78 is 15.8. The molecule has 130 valence electrons. The molecule has 0 aromatic heterocycles. The van der Waals surface area contributed by atoms with Gasteiger partial charge in [-0.2, -0.15) is 0 Å². The van der Waals surface area contributed by atoms with Crippen LogP contribution in [0.5, 0.6) is 0 Å². The van der Waals surface area contributed by atoms with E-state index in [4.69, 9.17) is 14.2 Å². The lowest BCUT2D eigenvalue weighted by molar-refractivity contribution is -0.149. The predicted octanol–water partition coefficient (Wildman–Crippen LogP) is 2.25. The Morgan fingerprint density at radius 3 is 2.71 bits per heavy atom. The molecule has 24 heavy (non-hydrogen) atoms. The third kappa shape index (κ3) is 4.57. The summed E-state index contributed by atoms with van der Waals surface area (Å²) in [5.74, 6) is -1.73. The van der Waals surface area contributed by atoms with Crippen molar-refractivity contribution in [3.05, 3.63) is 36.0 Å². The van der Waals surface area contributed by atoms with E-state index in [1.54, 1.807) is 6.08 Å². The Labute approximate surface area is 141 Å². The molecule has 2 aliphatic rings. The molecule has 0 N–H and O–H groups in total. The third-order valence-corrected chi connectivity index (χ3v) is 4.01. The summed E-state index contributed by atoms with van der Waals surface area (Å²) in [6.45, 7) is 6.62. The van der Waals surface area contributed by atoms with Crippen LogP contribution in [0.25, 0.3) is 0 Å². The van der Waals surface area contributed by atoms with E-state index in [-0.39, 0.29) is 12.6 Å². The van der Waals surface area contributed by atoms with E-state index in [1.165, 1.54) is 13.8 Å². The van der Waals surface area contributed by atoms with Crippen LogP contribution in [0.4, 0.5) is 0 Å². The fraction of sp³-hybridized carbons (Fsp3) is 0.500. The molecule has 0 radical (unpaired) electrons. The first-order valence-electron chi connectivity index (χ1n) is 7.93. The van der Waals surface area contributed by atoms with E-state index >= 15 is 0 Å². The standard InChI is InChI=1S/C18H22O6/c1-11-17-15(23-13(3)20)8-6-4-5-7-14(10-22-12(2)19)9-16(17)24-18(11)21/h4,6,9,15-17H,1,5,7-8,10H2,2-3H3. The Kier molecular flexibility index (Phi) is 5.95. The first-order valence-corrected chi connectivity index (χ1v) is 7.93. The summed E-state index contributed by atoms with van der Waals surface area (Å²) in [6.07, 6.45) is 6.54. The molecule has 1 saturated heterocycles. The Hall–Kier alpha value is -2.37. The molecule has 0 aromatic carbocycles. The molecule has 1 heterocycles. The fourth-order valence-corrected chi connectivity index (χ4v) is 2.91. The quantitative estimate of drug-likeness (QED) is 0.341. The fourth-order valence-electron chi connectivity index (χ4n) is 2.91. The Bertz CT molecular complexity index is 601. The second kappa shape index (κ2) is 7.95. The van der Waals surface area contributed by atoms with Gasteiger partial charge >= 0.3 is 17.9 Å². The lowest BCUT2D eigenvalue weighted by atomic mass is 9.87. The highest BCUT2D eigenvalue weighted by atomic mass is 16.6. The molecule has 3 atom stereocenters. The number of hydrogen-bond acceptors (Lipinski definition) is 6. The van der Waals surface area contributed by atoms with Crippen molar-refractivity contribution in [2.75, 3.05) is 6.61 Å². The number of fused-ring (bicyclic) bond motifs is 1. The van der Waals surface area contributed by atoms with E-state index in [1.807, 2.05) is 12.2 Å². The summed E-state index contributed by atoms with van der Waals surface area (Å²) in [4.78, 5) is 34.4. The molecule has 0 spiro atoms. The molecule has 0 aromatic rings. The van der Waals surface area contributed by atoms with Crippen LogP contribution in [0.2, 0.25) is 0 Å². The molecule has 2 rings (SSSR count). The minimum absolute atomic E-state index is 0.147. The molecule has 0 amide bonds. The average molecular weight is 334 g/mol. The van der Waals surface area contributed by atoms with Crippen LogP contribution in [0, 0.1) is 5.92 Å². The molecule has 1 fully saturated rings. The Balaban J connectivity index is 2.30. The van der Waals surface area contributed by atoms with E-state index in [2.05, 4.69) is 6.58 Å². The van der Waals surface area contributed by atoms with Crippen LogP contribution in [0.3, 0.4) is 0 Å². The van der Waals surface area contributed by atoms with Gasteiger partial charge in [0.05, 0.1) is 5.92 Å². The zero-order chi connectivity index (χ0) is 17.7. The maximum Gasteiger partial charge on any atom is 0.334 e. The predicted molar refractivity (Wildman–Crippen MR) is 85.8 cm³/mol. The number of ether oxygens (including phenoxy) is 3. The Morgan fingerprint density at radius 2 is 2.04 bits per heavy atom. The van der Waals surface area contributed by atoms with Crippen molar-refractivity contribution in [3.8, 4) is 0 Å². The highest BCUT2D eigenvalue weighted by Crippen LogP contribution is 2.35. The number of allylic oxidation sites excluding steroid dienone is 1. The summed E-state index contributed by atoms with van der Waals surface area (Å²) in [5, 5.41) is 0. The zero-order valence-electron chi connectivity index (χ0n) is 13.9. The summed E-state index contributed by atoms with van der Waals surface area (Å²) in [5.41, 5.74) is 1.15. The number of rotatable bonds is 3. The van der Waals surface area contributed by atoms with Gasteiger partial charge in [-0.1, -0.05) is 18.7 Å². The summed E-state index contributed by atoms with van der Waals surface area (Å²) >= 11 is 0. The highest BCUT2D eigenvalue weighted by Gasteiger charge is 2.43. The van der Waals surface area contributed by atoms with Gasteiger partial charge in [0.15, 0.2) is 0 Å². The molecule has 0 bridgehead atoms. The van der Waals surface area contributed by atoms with Crippen molar-refractivity contribution >= 4 is 17.9 Å². The van der Waals surface area contributed by atoms with E-state index < -0.39 is 30.1 Å². The first kappa shape index (κ1) is 18.0. The van der Waals surface area contributed by atoms with Crippen LogP contribution in [-0.2, 0) is 28.6 Å². The van der Waals surface area contributed by atoms with Gasteiger partial charge in [0, 0.05) is 25.8 Å². The van der Waals surface area contributed by atoms with Crippen LogP contribution >= 0.6 is 0 Å². The number of esters is 3. The van der Waals surface area contributed by atoms with E-state index in [9.17, 15) is 14.4 Å². The molecule has 6 heteroatoms. The van der Waals surface area contributed by atoms with Crippen LogP contribution < -0.4 is 0 Å². The van der Waals surface area contributed by atoms with Gasteiger partial charge in [0.25, 0.3) is 0 Å². The third-order valence-electron chi connectivity index (χ3n) is 4.01. The van der Waals surface area contributed by atoms with Crippen molar-refractivity contribution in [3.63, 3.8) is 0 Å². The maximum absolute atomic E-state index is 11.9. The lowest BCUT2D eigenvalue weighted by Gasteiger charge is -2.25. The summed E-state index contributed by atoms with van der Waals surface area (Å²) in [7, 11) is 0. The largest absolute Gasteiger partial charge is 0.461 e. The molecular weight excluding hydrogens is 312 g/mol. The average Bonchev–Trinajstić information content (AvgIpc) is 2.77. The first-order chi connectivity index (χ1) is 11.4. The summed E-state index contributed by atoms with van der Waals surface area (Å²) in [6, 6.07) is 0. The molecule has 6 nitrogen and oxygen atoms in total. The van der Waals surface area contributed by atoms with Gasteiger partial charge in [0.1, 0.15) is 18.8 Å². The van der Waals surface area contributed by atoms with Crippen LogP contribution in [0.1, 0.15) is 33.1 Å². The smallest absolute Gasteiger partial charge is 0.334 e. The minimum atomic E-state index is -0.577. The van der Waals surface area contributed by atoms with Crippen molar-refractivity contribution in [2.45, 2.75) is 45.3 Å². The van der Waals surface area contributed by atoms with Crippen LogP contribution in [-0.4, -0.2) is 36.7 Å². The van der Waals surface area contributed by atoms with E-state index in [0.29, 0.717) is 18.4 Å². The molecule has 3 unspecified atom stereocenters. The SMILES string of the molecule is C=C1C(=O)OC2C=C(COC(C)=O)CCC=CCC(OC(C)=O)C12.